The average Bonchev–Trinajstić information content (AvgIpc) is 3.12. The third-order valence-electron chi connectivity index (χ3n) is 2.70. The summed E-state index contributed by atoms with van der Waals surface area (Å²) in [6.07, 6.45) is 2.31. The van der Waals surface area contributed by atoms with Gasteiger partial charge < -0.3 is 15.7 Å². The number of aromatic carboxylic acids is 1. The van der Waals surface area contributed by atoms with Crippen molar-refractivity contribution in [2.24, 2.45) is 5.92 Å². The highest BCUT2D eigenvalue weighted by Gasteiger charge is 2.21. The number of rotatable bonds is 4. The van der Waals surface area contributed by atoms with Crippen molar-refractivity contribution in [3.8, 4) is 0 Å². The van der Waals surface area contributed by atoms with Gasteiger partial charge >= 0.3 is 12.0 Å². The van der Waals surface area contributed by atoms with Gasteiger partial charge in [-0.05, 0) is 37.0 Å². The predicted molar refractivity (Wildman–Crippen MR) is 68.2 cm³/mol. The fourth-order valence-electron chi connectivity index (χ4n) is 1.50. The first-order valence-electron chi connectivity index (χ1n) is 5.64. The van der Waals surface area contributed by atoms with Crippen molar-refractivity contribution in [1.82, 2.24) is 5.32 Å². The van der Waals surface area contributed by atoms with Crippen LogP contribution in [-0.4, -0.2) is 23.7 Å². The third kappa shape index (κ3) is 3.37. The summed E-state index contributed by atoms with van der Waals surface area (Å²) < 4.78 is 0. The van der Waals surface area contributed by atoms with Gasteiger partial charge in [0.2, 0.25) is 0 Å². The lowest BCUT2D eigenvalue weighted by molar-refractivity contribution is 0.0697. The van der Waals surface area contributed by atoms with Gasteiger partial charge in [-0.25, -0.2) is 9.59 Å². The van der Waals surface area contributed by atoms with Crippen LogP contribution in [0.3, 0.4) is 0 Å². The lowest BCUT2D eigenvalue weighted by Crippen LogP contribution is -2.30. The van der Waals surface area contributed by atoms with E-state index >= 15 is 0 Å². The van der Waals surface area contributed by atoms with Gasteiger partial charge in [0.1, 0.15) is 0 Å². The fraction of sp³-hybridized carbons (Fsp3) is 0.333. The van der Waals surface area contributed by atoms with E-state index in [1.165, 1.54) is 12.1 Å². The summed E-state index contributed by atoms with van der Waals surface area (Å²) in [5.74, 6) is -0.530. The standard InChI is InChI=1S/C12H13ClN2O3/c13-10-4-3-8(5-9(10)11(16)17)15-12(18)14-6-7-1-2-7/h3-5,7H,1-2,6H2,(H,16,17)(H2,14,15,18). The molecular formula is C12H13ClN2O3. The molecule has 1 aliphatic carbocycles. The minimum atomic E-state index is -1.12. The number of benzene rings is 1. The maximum absolute atomic E-state index is 11.5. The molecule has 1 aromatic carbocycles. The Labute approximate surface area is 109 Å². The monoisotopic (exact) mass is 268 g/mol. The topological polar surface area (TPSA) is 78.4 Å². The van der Waals surface area contributed by atoms with E-state index in [1.807, 2.05) is 0 Å². The molecule has 1 fully saturated rings. The molecule has 0 atom stereocenters. The molecule has 1 aromatic rings. The highest BCUT2D eigenvalue weighted by molar-refractivity contribution is 6.33. The van der Waals surface area contributed by atoms with Crippen LogP contribution in [0, 0.1) is 5.92 Å². The summed E-state index contributed by atoms with van der Waals surface area (Å²) in [4.78, 5) is 22.4. The summed E-state index contributed by atoms with van der Waals surface area (Å²) in [6.45, 7) is 0.658. The van der Waals surface area contributed by atoms with E-state index in [2.05, 4.69) is 10.6 Å². The number of halogens is 1. The zero-order chi connectivity index (χ0) is 13.1. The van der Waals surface area contributed by atoms with E-state index < -0.39 is 5.97 Å². The number of carboxylic acid groups (broad SMARTS) is 1. The Morgan fingerprint density at radius 1 is 1.39 bits per heavy atom. The average molecular weight is 269 g/mol. The second kappa shape index (κ2) is 5.27. The van der Waals surface area contributed by atoms with Crippen molar-refractivity contribution in [3.05, 3.63) is 28.8 Å². The maximum atomic E-state index is 11.5. The Hall–Kier alpha value is -1.75. The number of nitrogens with one attached hydrogen (secondary N) is 2. The van der Waals surface area contributed by atoms with Crippen molar-refractivity contribution in [1.29, 1.82) is 0 Å². The Balaban J connectivity index is 1.97. The van der Waals surface area contributed by atoms with Crippen molar-refractivity contribution in [2.75, 3.05) is 11.9 Å². The third-order valence-corrected chi connectivity index (χ3v) is 3.03. The summed E-state index contributed by atoms with van der Waals surface area (Å²) in [5.41, 5.74) is 0.377. The molecule has 0 aliphatic heterocycles. The van der Waals surface area contributed by atoms with Crippen LogP contribution in [-0.2, 0) is 0 Å². The van der Waals surface area contributed by atoms with Crippen LogP contribution in [0.15, 0.2) is 18.2 Å². The summed E-state index contributed by atoms with van der Waals surface area (Å²) in [5, 5.41) is 14.3. The molecule has 18 heavy (non-hydrogen) atoms. The van der Waals surface area contributed by atoms with Gasteiger partial charge in [-0.1, -0.05) is 11.6 Å². The molecule has 0 aromatic heterocycles. The number of hydrogen-bond acceptors (Lipinski definition) is 2. The molecule has 2 amide bonds. The SMILES string of the molecule is O=C(NCC1CC1)Nc1ccc(Cl)c(C(=O)O)c1. The second-order valence-corrected chi connectivity index (χ2v) is 4.69. The molecule has 0 spiro atoms. The van der Waals surface area contributed by atoms with Gasteiger partial charge in [0.15, 0.2) is 0 Å². The van der Waals surface area contributed by atoms with Gasteiger partial charge in [-0.3, -0.25) is 0 Å². The number of carbonyl (C=O) groups excluding carboxylic acids is 1. The summed E-state index contributed by atoms with van der Waals surface area (Å²) in [6, 6.07) is 4.01. The normalized spacial score (nSPS) is 14.1. The first-order chi connectivity index (χ1) is 8.56. The largest absolute Gasteiger partial charge is 0.478 e. The van der Waals surface area contributed by atoms with E-state index in [-0.39, 0.29) is 16.6 Å². The molecule has 5 nitrogen and oxygen atoms in total. The van der Waals surface area contributed by atoms with Gasteiger partial charge in [0, 0.05) is 12.2 Å². The minimum Gasteiger partial charge on any atom is -0.478 e. The van der Waals surface area contributed by atoms with Crippen molar-refractivity contribution < 1.29 is 14.7 Å². The highest BCUT2D eigenvalue weighted by atomic mass is 35.5. The van der Waals surface area contributed by atoms with E-state index in [1.54, 1.807) is 6.07 Å². The zero-order valence-electron chi connectivity index (χ0n) is 9.57. The van der Waals surface area contributed by atoms with Crippen LogP contribution in [0.1, 0.15) is 23.2 Å². The van der Waals surface area contributed by atoms with Crippen molar-refractivity contribution in [3.63, 3.8) is 0 Å². The quantitative estimate of drug-likeness (QED) is 0.785. The number of carboxylic acids is 1. The summed E-state index contributed by atoms with van der Waals surface area (Å²) >= 11 is 5.73. The Bertz CT molecular complexity index is 486. The number of hydrogen-bond donors (Lipinski definition) is 3. The molecular weight excluding hydrogens is 256 g/mol. The van der Waals surface area contributed by atoms with Gasteiger partial charge in [-0.2, -0.15) is 0 Å². The Morgan fingerprint density at radius 3 is 2.72 bits per heavy atom. The Kier molecular flexibility index (Phi) is 3.72. The van der Waals surface area contributed by atoms with Crippen LogP contribution in [0.5, 0.6) is 0 Å². The van der Waals surface area contributed by atoms with Crippen molar-refractivity contribution in [2.45, 2.75) is 12.8 Å². The van der Waals surface area contributed by atoms with E-state index in [4.69, 9.17) is 16.7 Å². The molecule has 1 saturated carbocycles. The van der Waals surface area contributed by atoms with E-state index in [0.29, 0.717) is 18.2 Å². The van der Waals surface area contributed by atoms with E-state index in [9.17, 15) is 9.59 Å². The fourth-order valence-corrected chi connectivity index (χ4v) is 1.70. The number of anilines is 1. The number of carbonyl (C=O) groups is 2. The zero-order valence-corrected chi connectivity index (χ0v) is 10.3. The molecule has 0 bridgehead atoms. The number of urea groups is 1. The molecule has 96 valence electrons. The first-order valence-corrected chi connectivity index (χ1v) is 6.02. The summed E-state index contributed by atoms with van der Waals surface area (Å²) in [7, 11) is 0. The van der Waals surface area contributed by atoms with Gasteiger partial charge in [0.25, 0.3) is 0 Å². The molecule has 3 N–H and O–H groups in total. The van der Waals surface area contributed by atoms with Crippen LogP contribution in [0.4, 0.5) is 10.5 Å². The molecule has 0 radical (unpaired) electrons. The molecule has 2 rings (SSSR count). The van der Waals surface area contributed by atoms with Gasteiger partial charge in [-0.15, -0.1) is 0 Å². The molecule has 0 heterocycles. The van der Waals surface area contributed by atoms with E-state index in [0.717, 1.165) is 12.8 Å². The van der Waals surface area contributed by atoms with Crippen LogP contribution in [0.25, 0.3) is 0 Å². The van der Waals surface area contributed by atoms with Crippen LogP contribution >= 0.6 is 11.6 Å². The second-order valence-electron chi connectivity index (χ2n) is 4.28. The lowest BCUT2D eigenvalue weighted by atomic mass is 10.2. The maximum Gasteiger partial charge on any atom is 0.337 e. The molecule has 0 unspecified atom stereocenters. The highest BCUT2D eigenvalue weighted by Crippen LogP contribution is 2.27. The molecule has 1 aliphatic rings. The first kappa shape index (κ1) is 12.7. The Morgan fingerprint density at radius 2 is 2.11 bits per heavy atom. The lowest BCUT2D eigenvalue weighted by Gasteiger charge is -2.08. The predicted octanol–water partition coefficient (Wildman–Crippen LogP) is 2.57. The minimum absolute atomic E-state index is 0.0309. The van der Waals surface area contributed by atoms with Crippen LogP contribution in [0.2, 0.25) is 5.02 Å². The number of amides is 2. The van der Waals surface area contributed by atoms with Crippen molar-refractivity contribution >= 4 is 29.3 Å². The molecule has 0 saturated heterocycles. The molecule has 6 heteroatoms. The van der Waals surface area contributed by atoms with Gasteiger partial charge in [0.05, 0.1) is 10.6 Å². The van der Waals surface area contributed by atoms with Crippen LogP contribution < -0.4 is 10.6 Å². The smallest absolute Gasteiger partial charge is 0.337 e.